The summed E-state index contributed by atoms with van der Waals surface area (Å²) in [6.07, 6.45) is 7.06. The number of nitrogens with zero attached hydrogens (tertiary/aromatic N) is 4. The third kappa shape index (κ3) is 20.8. The molecule has 0 radical (unpaired) electrons. The molecule has 0 aliphatic carbocycles. The summed E-state index contributed by atoms with van der Waals surface area (Å²) in [5.41, 5.74) is -0.519. The van der Waals surface area contributed by atoms with Gasteiger partial charge in [0, 0.05) is 46.7 Å². The topological polar surface area (TPSA) is 246 Å². The van der Waals surface area contributed by atoms with Crippen molar-refractivity contribution < 1.29 is 76.0 Å². The highest BCUT2D eigenvalue weighted by molar-refractivity contribution is 6.38. The lowest BCUT2D eigenvalue weighted by molar-refractivity contribution is -0.165. The maximum Gasteiger partial charge on any atom is 0.330 e. The number of unbranched alkanes of at least 4 members (excludes halogenated alkanes) is 1. The Morgan fingerprint density at radius 1 is 0.728 bits per heavy atom. The van der Waals surface area contributed by atoms with E-state index in [2.05, 4.69) is 10.6 Å². The van der Waals surface area contributed by atoms with E-state index in [1.54, 1.807) is 46.0 Å². The van der Waals surface area contributed by atoms with Crippen LogP contribution in [-0.2, 0) is 70.2 Å². The number of piperidine rings is 1. The number of fused-ring (bicyclic) bond motifs is 4. The Morgan fingerprint density at radius 2 is 1.45 bits per heavy atom. The van der Waals surface area contributed by atoms with Crippen LogP contribution in [0.4, 0.5) is 4.39 Å². The maximum absolute atomic E-state index is 16.0. The van der Waals surface area contributed by atoms with Crippen molar-refractivity contribution in [3.63, 3.8) is 0 Å². The summed E-state index contributed by atoms with van der Waals surface area (Å²) >= 11 is 0. The van der Waals surface area contributed by atoms with Gasteiger partial charge in [0.1, 0.15) is 36.9 Å². The van der Waals surface area contributed by atoms with Crippen molar-refractivity contribution in [3.05, 3.63) is 114 Å². The minimum absolute atomic E-state index is 0.0309. The number of carbonyl (C=O) groups is 9. The van der Waals surface area contributed by atoms with Crippen molar-refractivity contribution in [1.29, 1.82) is 0 Å². The summed E-state index contributed by atoms with van der Waals surface area (Å²) in [5, 5.41) is 7.47. The minimum Gasteiger partial charge on any atom is -0.493 e. The van der Waals surface area contributed by atoms with Gasteiger partial charge in [-0.15, -0.1) is 0 Å². The van der Waals surface area contributed by atoms with E-state index in [4.69, 9.17) is 28.4 Å². The number of likely N-dealkylation sites (N-methyl/N-ethyl adjacent to an activating group) is 3. The molecule has 6 rings (SSSR count). The Hall–Kier alpha value is -8.40. The number of hydrogen-bond acceptors (Lipinski definition) is 15. The zero-order chi connectivity index (χ0) is 67.3. The van der Waals surface area contributed by atoms with Gasteiger partial charge in [-0.3, -0.25) is 33.6 Å². The number of rotatable bonds is 12. The number of hydrogen-bond donors (Lipinski definition) is 2. The average Bonchev–Trinajstić information content (AvgIpc) is 1.11. The molecule has 2 bridgehead atoms. The summed E-state index contributed by atoms with van der Waals surface area (Å²) in [7, 11) is 7.46. The Kier molecular flexibility index (Phi) is 27.1. The number of aryl methyl sites for hydroxylation is 1. The maximum atomic E-state index is 16.0. The molecular weight excluding hydrogens is 1180 g/mol. The van der Waals surface area contributed by atoms with Crippen LogP contribution in [0.2, 0.25) is 0 Å². The van der Waals surface area contributed by atoms with Gasteiger partial charge >= 0.3 is 11.9 Å². The Balaban J connectivity index is 1.35. The first-order chi connectivity index (χ1) is 43.7. The predicted molar refractivity (Wildman–Crippen MR) is 344 cm³/mol. The number of amides is 6. The predicted octanol–water partition coefficient (Wildman–Crippen LogP) is 8.20. The van der Waals surface area contributed by atoms with Crippen molar-refractivity contribution in [2.45, 2.75) is 161 Å². The second-order valence-corrected chi connectivity index (χ2v) is 25.2. The highest BCUT2D eigenvalue weighted by Crippen LogP contribution is 2.34. The molecule has 22 heteroatoms. The number of Topliss-reactive ketones (excluding diaryl/α,β-unsaturated/α-hetero) is 1. The summed E-state index contributed by atoms with van der Waals surface area (Å²) in [6, 6.07) is 17.5. The highest BCUT2D eigenvalue weighted by atomic mass is 19.1. The summed E-state index contributed by atoms with van der Waals surface area (Å²) < 4.78 is 50.8. The third-order valence-corrected chi connectivity index (χ3v) is 16.6. The van der Waals surface area contributed by atoms with Gasteiger partial charge in [-0.25, -0.2) is 14.0 Å². The summed E-state index contributed by atoms with van der Waals surface area (Å²) in [6.45, 7) is 8.84. The van der Waals surface area contributed by atoms with Crippen LogP contribution in [0, 0.1) is 11.2 Å². The lowest BCUT2D eigenvalue weighted by Crippen LogP contribution is -2.59. The SMILES string of the molecule is CCCC[C@H]1C(=O)N[C@@H](Cc2ccc3ccccc3c2)C(=O)N(C)[C@@H](COC(C)(C)C)C(=O)NCC(=O)N(C)CCCCCC=CC(=O)OCC(C)(C)C(=O)C(=O)N2CCCC[C@H]2C(=O)O[C@H](CCc2ccc(OC)c(OC)c2)c2ccc(F)c(c2)OCC(=O)N1C. The molecule has 0 aromatic heterocycles. The van der Waals surface area contributed by atoms with Gasteiger partial charge in [-0.05, 0) is 144 Å². The Bertz CT molecular complexity index is 3270. The number of carbonyl (C=O) groups excluding carboxylic acids is 9. The van der Waals surface area contributed by atoms with Crippen LogP contribution in [0.3, 0.4) is 0 Å². The Morgan fingerprint density at radius 3 is 2.16 bits per heavy atom. The van der Waals surface area contributed by atoms with Crippen LogP contribution in [-0.4, -0.2) is 177 Å². The molecule has 5 atom stereocenters. The molecule has 4 aromatic rings. The normalized spacial score (nSPS) is 21.6. The third-order valence-electron chi connectivity index (χ3n) is 16.6. The molecule has 2 heterocycles. The van der Waals surface area contributed by atoms with Gasteiger partial charge in [0.15, 0.2) is 29.7 Å². The minimum atomic E-state index is -1.49. The molecule has 1 fully saturated rings. The molecule has 0 spiro atoms. The number of nitrogens with one attached hydrogen (secondary N) is 2. The number of benzene rings is 4. The number of allylic oxidation sites excluding steroid dienone is 1. The molecule has 0 unspecified atom stereocenters. The monoisotopic (exact) mass is 1280 g/mol. The van der Waals surface area contributed by atoms with Crippen LogP contribution in [0.25, 0.3) is 10.8 Å². The molecule has 1 saturated heterocycles. The number of cyclic esters (lactones) is 2. The van der Waals surface area contributed by atoms with Crippen molar-refractivity contribution >= 4 is 63.9 Å². The van der Waals surface area contributed by atoms with Crippen molar-refractivity contribution in [1.82, 2.24) is 30.2 Å². The van der Waals surface area contributed by atoms with E-state index >= 15 is 9.18 Å². The molecule has 2 aliphatic rings. The van der Waals surface area contributed by atoms with Gasteiger partial charge in [0.25, 0.3) is 11.8 Å². The van der Waals surface area contributed by atoms with Gasteiger partial charge in [0.2, 0.25) is 29.4 Å². The van der Waals surface area contributed by atoms with Crippen LogP contribution in [0.1, 0.15) is 135 Å². The molecule has 6 amide bonds. The number of halogens is 1. The molecule has 2 aliphatic heterocycles. The number of methoxy groups -OCH3 is 2. The standard InChI is InChI=1S/C70H93FN6O15/c1-12-13-25-53-65(83)73-52(39-47-28-31-48-23-18-19-24-49(48)38-47)66(84)76(9)55(43-91-69(2,3)4)64(82)72-42-60(78)74(7)36-21-16-14-15-17-27-62(80)90-45-70(5,6)63(81)67(85)77-37-22-20-26-54(77)68(86)92-56(34-29-46-30-35-57(87-10)59(40-46)88-11)50-32-33-51(71)58(41-50)89-44-61(79)75(53)8/h17-19,23-24,27-28,30-33,35,38,40-41,52-56H,12-16,20-22,25-26,29,34,36-37,39,42-45H2,1-11H3,(H,72,82)(H,73,83)/t52-,53-,54-,55-,56+/m0/s1. The first kappa shape index (κ1) is 72.7. The first-order valence-electron chi connectivity index (χ1n) is 31.7. The molecule has 500 valence electrons. The van der Waals surface area contributed by atoms with E-state index in [0.29, 0.717) is 75.0 Å². The van der Waals surface area contributed by atoms with Gasteiger partial charge in [-0.1, -0.05) is 86.9 Å². The molecule has 21 nitrogen and oxygen atoms in total. The van der Waals surface area contributed by atoms with E-state index < -0.39 is 114 Å². The van der Waals surface area contributed by atoms with Crippen LogP contribution >= 0.6 is 0 Å². The van der Waals surface area contributed by atoms with E-state index in [0.717, 1.165) is 22.4 Å². The average molecular weight is 1280 g/mol. The van der Waals surface area contributed by atoms with Crippen molar-refractivity contribution in [2.75, 3.05) is 74.8 Å². The fourth-order valence-electron chi connectivity index (χ4n) is 10.9. The quantitative estimate of drug-likeness (QED) is 0.100. The second kappa shape index (κ2) is 34.3. The lowest BCUT2D eigenvalue weighted by Gasteiger charge is -2.36. The number of ketones is 1. The zero-order valence-corrected chi connectivity index (χ0v) is 55.3. The smallest absolute Gasteiger partial charge is 0.330 e. The van der Waals surface area contributed by atoms with E-state index in [1.807, 2.05) is 55.5 Å². The molecule has 2 N–H and O–H groups in total. The van der Waals surface area contributed by atoms with Crippen LogP contribution in [0.5, 0.6) is 17.2 Å². The number of ether oxygens (including phenoxy) is 6. The fraction of sp³-hybridized carbons (Fsp3) is 0.529. The first-order valence-corrected chi connectivity index (χ1v) is 31.7. The van der Waals surface area contributed by atoms with Gasteiger partial charge in [0.05, 0.1) is 38.4 Å². The van der Waals surface area contributed by atoms with Crippen LogP contribution < -0.4 is 24.8 Å². The molecule has 0 saturated carbocycles. The summed E-state index contributed by atoms with van der Waals surface area (Å²) in [4.78, 5) is 133. The largest absolute Gasteiger partial charge is 0.493 e. The molecule has 4 aromatic carbocycles. The summed E-state index contributed by atoms with van der Waals surface area (Å²) in [5.74, 6) is -6.77. The van der Waals surface area contributed by atoms with Crippen molar-refractivity contribution in [3.8, 4) is 17.2 Å². The van der Waals surface area contributed by atoms with Crippen molar-refractivity contribution in [2.24, 2.45) is 5.41 Å². The highest BCUT2D eigenvalue weighted by Gasteiger charge is 2.43. The lowest BCUT2D eigenvalue weighted by atomic mass is 9.87. The zero-order valence-electron chi connectivity index (χ0n) is 55.3. The number of esters is 2. The molecule has 92 heavy (non-hydrogen) atoms. The van der Waals surface area contributed by atoms with E-state index in [1.165, 1.54) is 80.0 Å². The molecular formula is C70H93FN6O15. The van der Waals surface area contributed by atoms with E-state index in [9.17, 15) is 38.4 Å². The second-order valence-electron chi connectivity index (χ2n) is 25.2. The van der Waals surface area contributed by atoms with Gasteiger partial charge in [-0.2, -0.15) is 0 Å². The van der Waals surface area contributed by atoms with Gasteiger partial charge < -0.3 is 58.7 Å². The van der Waals surface area contributed by atoms with Crippen LogP contribution in [0.15, 0.2) is 91.0 Å². The fourth-order valence-corrected chi connectivity index (χ4v) is 10.9. The Labute approximate surface area is 539 Å². The van der Waals surface area contributed by atoms with E-state index in [-0.39, 0.29) is 62.5 Å².